The lowest BCUT2D eigenvalue weighted by atomic mass is 9.62. The third-order valence-corrected chi connectivity index (χ3v) is 7.34. The van der Waals surface area contributed by atoms with Crippen molar-refractivity contribution in [2.45, 2.75) is 44.8 Å². The molecule has 2 heterocycles. The van der Waals surface area contributed by atoms with Gasteiger partial charge in [-0.3, -0.25) is 4.98 Å². The fraction of sp³-hybridized carbons (Fsp3) is 0.387. The molecule has 5 nitrogen and oxygen atoms in total. The minimum atomic E-state index is -1.42. The molecule has 188 valence electrons. The Hall–Kier alpha value is -3.17. The first kappa shape index (κ1) is 25.9. The Kier molecular flexibility index (Phi) is 6.99. The van der Waals surface area contributed by atoms with Crippen LogP contribution in [0.2, 0.25) is 0 Å². The molecule has 0 aliphatic carbocycles. The molecule has 1 saturated heterocycles. The van der Waals surface area contributed by atoms with Crippen molar-refractivity contribution in [1.29, 1.82) is 0 Å². The number of benzene rings is 2. The number of aliphatic hydroxyl groups is 2. The van der Waals surface area contributed by atoms with Crippen molar-refractivity contribution >= 4 is 0 Å². The third kappa shape index (κ3) is 4.65. The average molecular weight is 485 g/mol. The van der Waals surface area contributed by atoms with Gasteiger partial charge in [0, 0.05) is 47.6 Å². The quantitative estimate of drug-likeness (QED) is 0.498. The topological polar surface area (TPSA) is 65.8 Å². The van der Waals surface area contributed by atoms with Crippen molar-refractivity contribution in [3.05, 3.63) is 94.8 Å². The zero-order valence-corrected chi connectivity index (χ0v) is 22.0. The molecule has 1 fully saturated rings. The number of hydrogen-bond acceptors (Lipinski definition) is 5. The predicted molar refractivity (Wildman–Crippen MR) is 143 cm³/mol. The highest BCUT2D eigenvalue weighted by atomic mass is 16.5. The molecule has 36 heavy (non-hydrogen) atoms. The molecule has 0 spiro atoms. The van der Waals surface area contributed by atoms with Gasteiger partial charge in [0.2, 0.25) is 0 Å². The first-order valence-corrected chi connectivity index (χ1v) is 12.4. The van der Waals surface area contributed by atoms with Gasteiger partial charge in [0.15, 0.2) is 5.60 Å². The lowest BCUT2D eigenvalue weighted by Crippen LogP contribution is -2.63. The van der Waals surface area contributed by atoms with E-state index in [4.69, 9.17) is 4.74 Å². The monoisotopic (exact) mass is 484 g/mol. The van der Waals surface area contributed by atoms with Gasteiger partial charge in [-0.25, -0.2) is 0 Å². The van der Waals surface area contributed by atoms with Crippen LogP contribution in [0.3, 0.4) is 0 Å². The standard InChI is InChI=1S/C31H36N2O3/c1-22(2)24-11-13-25(14-12-24)31(35,29(3)20-33(5)21-29)26-17-23(18-32-19-26)15-16-30(4,34)27-9-7-8-10-28(27)36-6/h7-14,17-19,22,34-35H,20-21H2,1-6H3/t30?,31-/m0/s1. The summed E-state index contributed by atoms with van der Waals surface area (Å²) in [5.41, 5.74) is 0.923. The molecule has 0 saturated carbocycles. The SMILES string of the molecule is COc1ccccc1C(C)(O)C#Cc1cncc([C@@](O)(c2ccc(C(C)C)cc2)C2(C)CN(C)C2)c1. The number of nitrogens with zero attached hydrogens (tertiary/aromatic N) is 2. The maximum absolute atomic E-state index is 12.4. The summed E-state index contributed by atoms with van der Waals surface area (Å²) in [6.45, 7) is 9.60. The van der Waals surface area contributed by atoms with E-state index in [2.05, 4.69) is 61.7 Å². The van der Waals surface area contributed by atoms with E-state index in [9.17, 15) is 10.2 Å². The number of pyridine rings is 1. The summed E-state index contributed by atoms with van der Waals surface area (Å²) in [6.07, 6.45) is 3.38. The summed E-state index contributed by atoms with van der Waals surface area (Å²) in [5, 5.41) is 23.5. The van der Waals surface area contributed by atoms with Crippen molar-refractivity contribution in [3.63, 3.8) is 0 Å². The first-order valence-electron chi connectivity index (χ1n) is 12.4. The number of methoxy groups -OCH3 is 1. The number of aromatic nitrogens is 1. The molecule has 0 radical (unpaired) electrons. The maximum atomic E-state index is 12.4. The summed E-state index contributed by atoms with van der Waals surface area (Å²) in [4.78, 5) is 6.64. The van der Waals surface area contributed by atoms with Gasteiger partial charge in [-0.15, -0.1) is 0 Å². The van der Waals surface area contributed by atoms with E-state index in [1.807, 2.05) is 30.3 Å². The van der Waals surface area contributed by atoms with E-state index >= 15 is 0 Å². The van der Waals surface area contributed by atoms with Crippen molar-refractivity contribution in [2.75, 3.05) is 27.2 Å². The van der Waals surface area contributed by atoms with Gasteiger partial charge in [0.1, 0.15) is 11.4 Å². The molecule has 4 rings (SSSR count). The molecule has 1 aliphatic heterocycles. The number of likely N-dealkylation sites (tertiary alicyclic amines) is 1. The average Bonchev–Trinajstić information content (AvgIpc) is 2.86. The second-order valence-corrected chi connectivity index (χ2v) is 10.7. The fourth-order valence-corrected chi connectivity index (χ4v) is 5.36. The van der Waals surface area contributed by atoms with Gasteiger partial charge in [0.05, 0.1) is 7.11 Å². The van der Waals surface area contributed by atoms with Gasteiger partial charge in [-0.1, -0.05) is 75.1 Å². The molecule has 1 unspecified atom stereocenters. The maximum Gasteiger partial charge on any atom is 0.152 e. The molecule has 2 atom stereocenters. The van der Waals surface area contributed by atoms with Crippen LogP contribution in [0, 0.1) is 17.3 Å². The lowest BCUT2D eigenvalue weighted by Gasteiger charge is -2.55. The van der Waals surface area contributed by atoms with Crippen molar-refractivity contribution < 1.29 is 14.9 Å². The van der Waals surface area contributed by atoms with Gasteiger partial charge < -0.3 is 19.8 Å². The Labute approximate surface area is 214 Å². The van der Waals surface area contributed by atoms with Crippen LogP contribution in [0.25, 0.3) is 0 Å². The Morgan fingerprint density at radius 3 is 2.31 bits per heavy atom. The normalized spacial score (nSPS) is 18.4. The molecule has 2 N–H and O–H groups in total. The van der Waals surface area contributed by atoms with E-state index in [0.717, 1.165) is 18.7 Å². The minimum absolute atomic E-state index is 0.391. The molecule has 2 aromatic carbocycles. The number of ether oxygens (including phenoxy) is 1. The van der Waals surface area contributed by atoms with Crippen molar-refractivity contribution in [1.82, 2.24) is 9.88 Å². The van der Waals surface area contributed by atoms with Crippen LogP contribution in [-0.2, 0) is 11.2 Å². The van der Waals surface area contributed by atoms with Crippen LogP contribution in [-0.4, -0.2) is 47.3 Å². The highest BCUT2D eigenvalue weighted by Gasteiger charge is 2.55. The summed E-state index contributed by atoms with van der Waals surface area (Å²) in [5.74, 6) is 7.04. The summed E-state index contributed by atoms with van der Waals surface area (Å²) >= 11 is 0. The van der Waals surface area contributed by atoms with Gasteiger partial charge in [0.25, 0.3) is 0 Å². The molecule has 3 aromatic rings. The van der Waals surface area contributed by atoms with Gasteiger partial charge in [-0.2, -0.15) is 0 Å². The highest BCUT2D eigenvalue weighted by Crippen LogP contribution is 2.50. The Morgan fingerprint density at radius 2 is 1.69 bits per heavy atom. The predicted octanol–water partition coefficient (Wildman–Crippen LogP) is 4.66. The zero-order chi connectivity index (χ0) is 26.1. The van der Waals surface area contributed by atoms with Crippen molar-refractivity contribution in [2.24, 2.45) is 5.41 Å². The Bertz CT molecular complexity index is 1280. The molecular weight excluding hydrogens is 448 g/mol. The molecular formula is C31H36N2O3. The van der Waals surface area contributed by atoms with Crippen LogP contribution in [0.1, 0.15) is 61.4 Å². The first-order chi connectivity index (χ1) is 17.0. The molecule has 5 heteroatoms. The van der Waals surface area contributed by atoms with Crippen LogP contribution in [0.15, 0.2) is 67.0 Å². The number of para-hydroxylation sites is 1. The van der Waals surface area contributed by atoms with E-state index in [1.54, 1.807) is 38.6 Å². The minimum Gasteiger partial charge on any atom is -0.496 e. The lowest BCUT2D eigenvalue weighted by molar-refractivity contribution is -0.127. The van der Waals surface area contributed by atoms with Crippen molar-refractivity contribution in [3.8, 4) is 17.6 Å². The second-order valence-electron chi connectivity index (χ2n) is 10.7. The summed E-state index contributed by atoms with van der Waals surface area (Å²) in [7, 11) is 3.63. The Morgan fingerprint density at radius 1 is 1.03 bits per heavy atom. The van der Waals surface area contributed by atoms with Gasteiger partial charge >= 0.3 is 0 Å². The van der Waals surface area contributed by atoms with Crippen LogP contribution in [0.5, 0.6) is 5.75 Å². The zero-order valence-electron chi connectivity index (χ0n) is 22.0. The largest absolute Gasteiger partial charge is 0.496 e. The van der Waals surface area contributed by atoms with E-state index in [1.165, 1.54) is 5.56 Å². The van der Waals surface area contributed by atoms with Crippen LogP contribution < -0.4 is 4.74 Å². The third-order valence-electron chi connectivity index (χ3n) is 7.34. The summed E-state index contributed by atoms with van der Waals surface area (Å²) in [6, 6.07) is 17.4. The van der Waals surface area contributed by atoms with E-state index in [-0.39, 0.29) is 0 Å². The summed E-state index contributed by atoms with van der Waals surface area (Å²) < 4.78 is 5.41. The van der Waals surface area contributed by atoms with Crippen LogP contribution >= 0.6 is 0 Å². The van der Waals surface area contributed by atoms with E-state index < -0.39 is 16.6 Å². The smallest absolute Gasteiger partial charge is 0.152 e. The van der Waals surface area contributed by atoms with E-state index in [0.29, 0.717) is 28.4 Å². The van der Waals surface area contributed by atoms with Gasteiger partial charge in [-0.05, 0) is 43.1 Å². The highest BCUT2D eigenvalue weighted by molar-refractivity contribution is 5.47. The number of rotatable bonds is 6. The molecule has 1 aliphatic rings. The van der Waals surface area contributed by atoms with Crippen LogP contribution in [0.4, 0.5) is 0 Å². The Balaban J connectivity index is 1.75. The number of hydrogen-bond donors (Lipinski definition) is 2. The fourth-order valence-electron chi connectivity index (χ4n) is 5.36. The molecule has 0 amide bonds. The molecule has 1 aromatic heterocycles. The second kappa shape index (κ2) is 9.71. The molecule has 0 bridgehead atoms.